The lowest BCUT2D eigenvalue weighted by Crippen LogP contribution is -2.44. The van der Waals surface area contributed by atoms with E-state index in [4.69, 9.17) is 14.2 Å². The van der Waals surface area contributed by atoms with Crippen molar-refractivity contribution in [2.45, 2.75) is 45.4 Å². The Labute approximate surface area is 168 Å². The fourth-order valence-corrected chi connectivity index (χ4v) is 2.51. The summed E-state index contributed by atoms with van der Waals surface area (Å²) in [6.45, 7) is 5.47. The Morgan fingerprint density at radius 3 is 2.31 bits per heavy atom. The van der Waals surface area contributed by atoms with E-state index in [-0.39, 0.29) is 6.42 Å². The SMILES string of the molecule is COc1cc(Cn2cc(C[C@H](NC(=O)OC(C)(C)C)C(=O)O)nn2)cc(OC)c1. The van der Waals surface area contributed by atoms with E-state index in [0.29, 0.717) is 23.7 Å². The summed E-state index contributed by atoms with van der Waals surface area (Å²) in [6.07, 6.45) is 0.787. The van der Waals surface area contributed by atoms with Crippen LogP contribution in [0.1, 0.15) is 32.0 Å². The van der Waals surface area contributed by atoms with E-state index in [2.05, 4.69) is 15.6 Å². The summed E-state index contributed by atoms with van der Waals surface area (Å²) in [5.74, 6) is 0.0994. The molecular formula is C19H26N4O6. The largest absolute Gasteiger partial charge is 0.497 e. The van der Waals surface area contributed by atoms with Crippen LogP contribution in [0.5, 0.6) is 11.5 Å². The van der Waals surface area contributed by atoms with Gasteiger partial charge in [-0.05, 0) is 38.5 Å². The van der Waals surface area contributed by atoms with Gasteiger partial charge in [0.2, 0.25) is 0 Å². The molecule has 0 aliphatic carbocycles. The molecule has 2 aromatic rings. The maximum absolute atomic E-state index is 11.9. The van der Waals surface area contributed by atoms with Crippen molar-refractivity contribution in [2.24, 2.45) is 0 Å². The van der Waals surface area contributed by atoms with Crippen molar-refractivity contribution < 1.29 is 28.9 Å². The zero-order chi connectivity index (χ0) is 21.6. The number of nitrogens with one attached hydrogen (secondary N) is 1. The van der Waals surface area contributed by atoms with Gasteiger partial charge >= 0.3 is 12.1 Å². The molecule has 1 atom stereocenters. The molecule has 0 aliphatic rings. The van der Waals surface area contributed by atoms with Crippen LogP contribution in [0, 0.1) is 0 Å². The van der Waals surface area contributed by atoms with Crippen LogP contribution in [0.3, 0.4) is 0 Å². The Morgan fingerprint density at radius 2 is 1.79 bits per heavy atom. The van der Waals surface area contributed by atoms with Gasteiger partial charge in [0, 0.05) is 18.7 Å². The number of ether oxygens (including phenoxy) is 3. The molecule has 158 valence electrons. The van der Waals surface area contributed by atoms with Crippen molar-refractivity contribution in [3.63, 3.8) is 0 Å². The highest BCUT2D eigenvalue weighted by atomic mass is 16.6. The lowest BCUT2D eigenvalue weighted by molar-refractivity contribution is -0.139. The minimum atomic E-state index is -1.19. The van der Waals surface area contributed by atoms with Crippen molar-refractivity contribution in [1.82, 2.24) is 20.3 Å². The number of alkyl carbamates (subject to hydrolysis) is 1. The molecule has 0 saturated heterocycles. The van der Waals surface area contributed by atoms with E-state index in [9.17, 15) is 14.7 Å². The third-order valence-electron chi connectivity index (χ3n) is 3.74. The summed E-state index contributed by atoms with van der Waals surface area (Å²) in [5, 5.41) is 19.7. The van der Waals surface area contributed by atoms with Crippen LogP contribution in [-0.4, -0.2) is 58.0 Å². The van der Waals surface area contributed by atoms with Crippen LogP contribution in [0.2, 0.25) is 0 Å². The molecule has 0 unspecified atom stereocenters. The van der Waals surface area contributed by atoms with E-state index in [1.54, 1.807) is 51.9 Å². The van der Waals surface area contributed by atoms with Crippen LogP contribution in [-0.2, 0) is 22.5 Å². The monoisotopic (exact) mass is 406 g/mol. The lowest BCUT2D eigenvalue weighted by Gasteiger charge is -2.21. The number of hydrogen-bond acceptors (Lipinski definition) is 7. The van der Waals surface area contributed by atoms with Crippen molar-refractivity contribution >= 4 is 12.1 Å². The first-order chi connectivity index (χ1) is 13.6. The van der Waals surface area contributed by atoms with E-state index in [1.165, 1.54) is 0 Å². The second kappa shape index (κ2) is 9.26. The van der Waals surface area contributed by atoms with Crippen molar-refractivity contribution in [1.29, 1.82) is 0 Å². The van der Waals surface area contributed by atoms with E-state index >= 15 is 0 Å². The Kier molecular flexibility index (Phi) is 7.03. The van der Waals surface area contributed by atoms with Gasteiger partial charge in [0.15, 0.2) is 0 Å². The number of carboxylic acid groups (broad SMARTS) is 1. The number of methoxy groups -OCH3 is 2. The van der Waals surface area contributed by atoms with Gasteiger partial charge in [-0.3, -0.25) is 0 Å². The van der Waals surface area contributed by atoms with Gasteiger partial charge in [0.25, 0.3) is 0 Å². The molecular weight excluding hydrogens is 380 g/mol. The molecule has 1 aromatic carbocycles. The van der Waals surface area contributed by atoms with Crippen LogP contribution in [0.4, 0.5) is 4.79 Å². The lowest BCUT2D eigenvalue weighted by atomic mass is 10.1. The highest BCUT2D eigenvalue weighted by Crippen LogP contribution is 2.23. The molecule has 29 heavy (non-hydrogen) atoms. The highest BCUT2D eigenvalue weighted by molar-refractivity contribution is 5.80. The summed E-state index contributed by atoms with van der Waals surface area (Å²) < 4.78 is 17.2. The average molecular weight is 406 g/mol. The number of aromatic nitrogens is 3. The molecule has 1 amide bonds. The molecule has 10 heteroatoms. The fourth-order valence-electron chi connectivity index (χ4n) is 2.51. The van der Waals surface area contributed by atoms with Crippen LogP contribution in [0.15, 0.2) is 24.4 Å². The van der Waals surface area contributed by atoms with Gasteiger partial charge in [-0.15, -0.1) is 5.10 Å². The van der Waals surface area contributed by atoms with Gasteiger partial charge in [-0.25, -0.2) is 14.3 Å². The number of benzene rings is 1. The van der Waals surface area contributed by atoms with Crippen LogP contribution >= 0.6 is 0 Å². The molecule has 0 saturated carbocycles. The zero-order valence-electron chi connectivity index (χ0n) is 17.1. The Balaban J connectivity index is 2.06. The molecule has 0 fully saturated rings. The molecule has 0 bridgehead atoms. The van der Waals surface area contributed by atoms with Crippen LogP contribution in [0.25, 0.3) is 0 Å². The minimum absolute atomic E-state index is 0.0317. The zero-order valence-corrected chi connectivity index (χ0v) is 17.1. The Hall–Kier alpha value is -3.30. The summed E-state index contributed by atoms with van der Waals surface area (Å²) in [5.41, 5.74) is 0.566. The molecule has 2 N–H and O–H groups in total. The minimum Gasteiger partial charge on any atom is -0.497 e. The normalized spacial score (nSPS) is 12.2. The third kappa shape index (κ3) is 6.98. The van der Waals surface area contributed by atoms with Crippen LogP contribution < -0.4 is 14.8 Å². The summed E-state index contributed by atoms with van der Waals surface area (Å²) in [6, 6.07) is 4.25. The van der Waals surface area contributed by atoms with Crippen molar-refractivity contribution in [2.75, 3.05) is 14.2 Å². The Bertz CT molecular complexity index is 836. The topological polar surface area (TPSA) is 125 Å². The van der Waals surface area contributed by atoms with E-state index < -0.39 is 23.7 Å². The van der Waals surface area contributed by atoms with Gasteiger partial charge in [0.1, 0.15) is 23.1 Å². The third-order valence-corrected chi connectivity index (χ3v) is 3.74. The smallest absolute Gasteiger partial charge is 0.408 e. The second-order valence-electron chi connectivity index (χ2n) is 7.37. The van der Waals surface area contributed by atoms with Crippen molar-refractivity contribution in [3.8, 4) is 11.5 Å². The quantitative estimate of drug-likeness (QED) is 0.681. The van der Waals surface area contributed by atoms with Crippen molar-refractivity contribution in [3.05, 3.63) is 35.7 Å². The first-order valence-corrected chi connectivity index (χ1v) is 8.93. The molecule has 0 radical (unpaired) electrons. The summed E-state index contributed by atoms with van der Waals surface area (Å²) in [4.78, 5) is 23.4. The fraction of sp³-hybridized carbons (Fsp3) is 0.474. The maximum atomic E-state index is 11.9. The second-order valence-corrected chi connectivity index (χ2v) is 7.37. The molecule has 0 spiro atoms. The average Bonchev–Trinajstić information content (AvgIpc) is 3.05. The molecule has 10 nitrogen and oxygen atoms in total. The van der Waals surface area contributed by atoms with Gasteiger partial charge in [-0.1, -0.05) is 5.21 Å². The first kappa shape index (κ1) is 22.0. The predicted octanol–water partition coefficient (Wildman–Crippen LogP) is 1.86. The molecule has 1 aromatic heterocycles. The predicted molar refractivity (Wildman–Crippen MR) is 103 cm³/mol. The number of carbonyl (C=O) groups excluding carboxylic acids is 1. The molecule has 1 heterocycles. The summed E-state index contributed by atoms with van der Waals surface area (Å²) >= 11 is 0. The van der Waals surface area contributed by atoms with Gasteiger partial charge in [0.05, 0.1) is 26.5 Å². The maximum Gasteiger partial charge on any atom is 0.408 e. The molecule has 0 aliphatic heterocycles. The van der Waals surface area contributed by atoms with Gasteiger partial charge < -0.3 is 24.6 Å². The van der Waals surface area contributed by atoms with E-state index in [0.717, 1.165) is 5.56 Å². The number of amides is 1. The number of aliphatic carboxylic acids is 1. The van der Waals surface area contributed by atoms with E-state index in [1.807, 2.05) is 12.1 Å². The number of nitrogens with zero attached hydrogens (tertiary/aromatic N) is 3. The Morgan fingerprint density at radius 1 is 1.17 bits per heavy atom. The molecule has 2 rings (SSSR count). The standard InChI is InChI=1S/C19H26N4O6/c1-19(2,3)29-18(26)20-16(17(24)25)8-13-11-23(22-21-13)10-12-6-14(27-4)9-15(7-12)28-5/h6-7,9,11,16H,8,10H2,1-5H3,(H,20,26)(H,24,25)/t16-/m0/s1. The number of hydrogen-bond donors (Lipinski definition) is 2. The first-order valence-electron chi connectivity index (χ1n) is 8.93. The number of rotatable bonds is 8. The summed E-state index contributed by atoms with van der Waals surface area (Å²) in [7, 11) is 3.13. The number of carbonyl (C=O) groups is 2. The highest BCUT2D eigenvalue weighted by Gasteiger charge is 2.25. The van der Waals surface area contributed by atoms with Gasteiger partial charge in [-0.2, -0.15) is 0 Å². The number of carboxylic acids is 1.